The molecule has 0 rings (SSSR count). The van der Waals surface area contributed by atoms with Crippen molar-refractivity contribution in [2.45, 2.75) is 6.92 Å². The first-order valence-corrected chi connectivity index (χ1v) is 4.18. The van der Waals surface area contributed by atoms with Gasteiger partial charge in [0.25, 0.3) is 0 Å². The van der Waals surface area contributed by atoms with E-state index >= 15 is 0 Å². The Kier molecular flexibility index (Phi) is 4.92. The fourth-order valence-corrected chi connectivity index (χ4v) is 0.888. The third-order valence-electron chi connectivity index (χ3n) is 0.812. The third-order valence-corrected chi connectivity index (χ3v) is 1.32. The van der Waals surface area contributed by atoms with E-state index in [0.29, 0.717) is 5.88 Å². The van der Waals surface area contributed by atoms with Gasteiger partial charge in [-0.25, -0.2) is 5.01 Å². The van der Waals surface area contributed by atoms with Crippen LogP contribution in [0.1, 0.15) is 6.92 Å². The van der Waals surface area contributed by atoms with Crippen LogP contribution in [-0.4, -0.2) is 30.1 Å². The van der Waals surface area contributed by atoms with Crippen molar-refractivity contribution in [1.29, 1.82) is 0 Å². The molecule has 0 aromatic heterocycles. The number of nitrogens with zero attached hydrogens (tertiary/aromatic N) is 3. The van der Waals surface area contributed by atoms with Gasteiger partial charge in [0.2, 0.25) is 5.91 Å². The monoisotopic (exact) mass is 161 g/mol. The summed E-state index contributed by atoms with van der Waals surface area (Å²) in [5.74, 6) is 0.479. The molecule has 0 aromatic rings. The van der Waals surface area contributed by atoms with E-state index in [1.165, 1.54) is 30.7 Å². The van der Waals surface area contributed by atoms with E-state index in [4.69, 9.17) is 0 Å². The number of rotatable bonds is 3. The summed E-state index contributed by atoms with van der Waals surface area (Å²) in [5, 5.41) is 8.40. The van der Waals surface area contributed by atoms with Crippen molar-refractivity contribution < 1.29 is 4.79 Å². The normalized spacial score (nSPS) is 10.3. The zero-order valence-corrected chi connectivity index (χ0v) is 7.18. The van der Waals surface area contributed by atoms with Crippen molar-refractivity contribution in [3.05, 3.63) is 0 Å². The Hall–Kier alpha value is -0.580. The lowest BCUT2D eigenvalue weighted by Gasteiger charge is -2.09. The third kappa shape index (κ3) is 3.45. The molecule has 0 aliphatic rings. The van der Waals surface area contributed by atoms with Gasteiger partial charge in [0.15, 0.2) is 0 Å². The highest BCUT2D eigenvalue weighted by Crippen LogP contribution is 1.99. The topological polar surface area (TPSA) is 45.0 Å². The Morgan fingerprint density at radius 3 is 2.60 bits per heavy atom. The van der Waals surface area contributed by atoms with E-state index in [0.717, 1.165) is 0 Å². The van der Waals surface area contributed by atoms with Gasteiger partial charge in [0, 0.05) is 6.92 Å². The molecule has 0 heterocycles. The first-order valence-electron chi connectivity index (χ1n) is 2.79. The van der Waals surface area contributed by atoms with Crippen LogP contribution < -0.4 is 0 Å². The molecule has 0 aliphatic heterocycles. The van der Waals surface area contributed by atoms with Crippen molar-refractivity contribution >= 4 is 17.7 Å². The molecule has 0 spiro atoms. The molecule has 0 saturated carbocycles. The van der Waals surface area contributed by atoms with E-state index in [9.17, 15) is 4.79 Å². The minimum atomic E-state index is -0.0834. The van der Waals surface area contributed by atoms with Crippen molar-refractivity contribution in [3.63, 3.8) is 0 Å². The molecule has 0 saturated heterocycles. The van der Waals surface area contributed by atoms with Gasteiger partial charge in [-0.1, -0.05) is 5.22 Å². The minimum Gasteiger partial charge on any atom is -0.273 e. The van der Waals surface area contributed by atoms with Gasteiger partial charge in [-0.3, -0.25) is 4.79 Å². The molecular formula is C5H11N3OS. The van der Waals surface area contributed by atoms with Crippen LogP contribution in [0.3, 0.4) is 0 Å². The first kappa shape index (κ1) is 9.42. The Labute approximate surface area is 64.7 Å². The predicted molar refractivity (Wildman–Crippen MR) is 41.7 cm³/mol. The fraction of sp³-hybridized carbons (Fsp3) is 0.800. The van der Waals surface area contributed by atoms with Crippen molar-refractivity contribution in [2.75, 3.05) is 19.2 Å². The molecule has 10 heavy (non-hydrogen) atoms. The lowest BCUT2D eigenvalue weighted by atomic mass is 10.7. The molecule has 0 atom stereocenters. The molecule has 0 fully saturated rings. The minimum absolute atomic E-state index is 0.0834. The summed E-state index contributed by atoms with van der Waals surface area (Å²) in [5.41, 5.74) is 0. The molecule has 1 amide bonds. The average Bonchev–Trinajstić information content (AvgIpc) is 1.87. The quantitative estimate of drug-likeness (QED) is 0.354. The van der Waals surface area contributed by atoms with Gasteiger partial charge >= 0.3 is 0 Å². The van der Waals surface area contributed by atoms with E-state index in [1.54, 1.807) is 0 Å². The Balaban J connectivity index is 3.85. The largest absolute Gasteiger partial charge is 0.273 e. The number of amides is 1. The Morgan fingerprint density at radius 2 is 2.30 bits per heavy atom. The van der Waals surface area contributed by atoms with Crippen molar-refractivity contribution in [3.8, 4) is 0 Å². The summed E-state index contributed by atoms with van der Waals surface area (Å²) in [6, 6.07) is 0. The van der Waals surface area contributed by atoms with Gasteiger partial charge < -0.3 is 0 Å². The van der Waals surface area contributed by atoms with Crippen LogP contribution in [0.5, 0.6) is 0 Å². The summed E-state index contributed by atoms with van der Waals surface area (Å²) < 4.78 is 0. The van der Waals surface area contributed by atoms with Crippen LogP contribution in [0, 0.1) is 0 Å². The Bertz CT molecular complexity index is 137. The van der Waals surface area contributed by atoms with Crippen LogP contribution in [0.4, 0.5) is 0 Å². The Morgan fingerprint density at radius 1 is 1.70 bits per heavy atom. The van der Waals surface area contributed by atoms with E-state index in [-0.39, 0.29) is 5.91 Å². The highest BCUT2D eigenvalue weighted by Gasteiger charge is 2.03. The molecule has 0 bridgehead atoms. The number of hydrogen-bond acceptors (Lipinski definition) is 4. The smallest absolute Gasteiger partial charge is 0.241 e. The van der Waals surface area contributed by atoms with Crippen LogP contribution in [0.2, 0.25) is 0 Å². The molecular weight excluding hydrogens is 150 g/mol. The number of carbonyl (C=O) groups is 1. The first-order chi connectivity index (χ1) is 4.72. The second kappa shape index (κ2) is 5.22. The fourth-order valence-electron chi connectivity index (χ4n) is 0.410. The molecule has 0 radical (unpaired) electrons. The number of carbonyl (C=O) groups excluding carboxylic acids is 1. The van der Waals surface area contributed by atoms with Gasteiger partial charge in [0.1, 0.15) is 0 Å². The SMILES string of the molecule is CN=NN(CSC)C(C)=O. The molecule has 0 N–H and O–H groups in total. The molecule has 58 valence electrons. The van der Waals surface area contributed by atoms with Crippen LogP contribution in [0.25, 0.3) is 0 Å². The summed E-state index contributed by atoms with van der Waals surface area (Å²) in [6.45, 7) is 1.46. The highest BCUT2D eigenvalue weighted by molar-refractivity contribution is 7.98. The highest BCUT2D eigenvalue weighted by atomic mass is 32.2. The summed E-state index contributed by atoms with van der Waals surface area (Å²) in [6.07, 6.45) is 1.90. The van der Waals surface area contributed by atoms with E-state index < -0.39 is 0 Å². The maximum Gasteiger partial charge on any atom is 0.241 e. The average molecular weight is 161 g/mol. The molecule has 0 aliphatic carbocycles. The maximum atomic E-state index is 10.7. The zero-order valence-electron chi connectivity index (χ0n) is 6.37. The van der Waals surface area contributed by atoms with Crippen molar-refractivity contribution in [1.82, 2.24) is 5.01 Å². The van der Waals surface area contributed by atoms with Crippen LogP contribution >= 0.6 is 11.8 Å². The molecule has 0 unspecified atom stereocenters. The predicted octanol–water partition coefficient (Wildman–Crippen LogP) is 1.15. The van der Waals surface area contributed by atoms with Crippen molar-refractivity contribution in [2.24, 2.45) is 10.3 Å². The van der Waals surface area contributed by atoms with E-state index in [2.05, 4.69) is 10.3 Å². The van der Waals surface area contributed by atoms with Crippen LogP contribution in [0.15, 0.2) is 10.3 Å². The lowest BCUT2D eigenvalue weighted by Crippen LogP contribution is -2.21. The molecule has 5 heteroatoms. The van der Waals surface area contributed by atoms with Gasteiger partial charge in [0.05, 0.1) is 12.9 Å². The second-order valence-corrected chi connectivity index (χ2v) is 2.46. The molecule has 0 aromatic carbocycles. The summed E-state index contributed by atoms with van der Waals surface area (Å²) in [7, 11) is 1.54. The van der Waals surface area contributed by atoms with Gasteiger partial charge in [-0.15, -0.1) is 11.8 Å². The summed E-state index contributed by atoms with van der Waals surface area (Å²) in [4.78, 5) is 10.7. The maximum absolute atomic E-state index is 10.7. The zero-order chi connectivity index (χ0) is 7.98. The lowest BCUT2D eigenvalue weighted by molar-refractivity contribution is -0.128. The second-order valence-electron chi connectivity index (χ2n) is 1.63. The van der Waals surface area contributed by atoms with E-state index in [1.807, 2.05) is 6.26 Å². The van der Waals surface area contributed by atoms with Gasteiger partial charge in [-0.2, -0.15) is 5.11 Å². The number of hydrogen-bond donors (Lipinski definition) is 0. The summed E-state index contributed by atoms with van der Waals surface area (Å²) >= 11 is 1.53. The standard InChI is InChI=1S/C5H11N3OS/c1-5(9)8(4-10-3)7-6-2/h4H2,1-3H3. The van der Waals surface area contributed by atoms with Gasteiger partial charge in [-0.05, 0) is 6.26 Å². The number of thioether (sulfide) groups is 1. The van der Waals surface area contributed by atoms with Crippen LogP contribution in [-0.2, 0) is 4.79 Å². The molecule has 4 nitrogen and oxygen atoms in total.